The van der Waals surface area contributed by atoms with Gasteiger partial charge in [-0.05, 0) is 49.3 Å². The highest BCUT2D eigenvalue weighted by atomic mass is 32.2. The van der Waals surface area contributed by atoms with Crippen molar-refractivity contribution < 1.29 is 0 Å². The summed E-state index contributed by atoms with van der Waals surface area (Å²) in [6.45, 7) is 14.1. The lowest BCUT2D eigenvalue weighted by Gasteiger charge is -2.31. The molecule has 1 fully saturated rings. The second kappa shape index (κ2) is 6.47. The summed E-state index contributed by atoms with van der Waals surface area (Å²) in [7, 11) is 0. The Morgan fingerprint density at radius 3 is 2.29 bits per heavy atom. The summed E-state index contributed by atoms with van der Waals surface area (Å²) < 4.78 is 0.418. The predicted octanol–water partition coefficient (Wildman–Crippen LogP) is 4.32. The summed E-state index contributed by atoms with van der Waals surface area (Å²) in [6, 6.07) is 0. The van der Waals surface area contributed by atoms with E-state index in [0.29, 0.717) is 10.2 Å². The predicted molar refractivity (Wildman–Crippen MR) is 80.8 cm³/mol. The van der Waals surface area contributed by atoms with Gasteiger partial charge in [0.25, 0.3) is 0 Å². The van der Waals surface area contributed by atoms with Crippen molar-refractivity contribution in [3.63, 3.8) is 0 Å². The van der Waals surface area contributed by atoms with Gasteiger partial charge in [0, 0.05) is 11.3 Å². The molecule has 1 nitrogen and oxygen atoms in total. The van der Waals surface area contributed by atoms with Crippen LogP contribution in [0.2, 0.25) is 0 Å². The van der Waals surface area contributed by atoms with Crippen LogP contribution in [-0.4, -0.2) is 23.6 Å². The van der Waals surface area contributed by atoms with Gasteiger partial charge in [-0.1, -0.05) is 34.6 Å². The first-order chi connectivity index (χ1) is 7.87. The van der Waals surface area contributed by atoms with E-state index in [2.05, 4.69) is 51.7 Å². The van der Waals surface area contributed by atoms with Crippen LogP contribution in [0.4, 0.5) is 0 Å². The van der Waals surface area contributed by atoms with Gasteiger partial charge in [0.15, 0.2) is 0 Å². The van der Waals surface area contributed by atoms with E-state index in [9.17, 15) is 0 Å². The maximum absolute atomic E-state index is 3.64. The Kier molecular flexibility index (Phi) is 5.85. The number of hydrogen-bond donors (Lipinski definition) is 1. The van der Waals surface area contributed by atoms with Crippen molar-refractivity contribution in [2.75, 3.05) is 18.8 Å². The van der Waals surface area contributed by atoms with Crippen LogP contribution in [0.15, 0.2) is 0 Å². The Hall–Kier alpha value is 0.310. The van der Waals surface area contributed by atoms with Crippen LogP contribution < -0.4 is 5.32 Å². The number of rotatable bonds is 8. The van der Waals surface area contributed by atoms with Gasteiger partial charge >= 0.3 is 0 Å². The van der Waals surface area contributed by atoms with Gasteiger partial charge in [-0.3, -0.25) is 0 Å². The molecule has 0 aromatic carbocycles. The highest BCUT2D eigenvalue weighted by molar-refractivity contribution is 8.00. The van der Waals surface area contributed by atoms with Crippen LogP contribution in [0.25, 0.3) is 0 Å². The quantitative estimate of drug-likeness (QED) is 0.650. The molecule has 0 amide bonds. The normalized spacial score (nSPS) is 20.3. The van der Waals surface area contributed by atoms with E-state index in [4.69, 9.17) is 0 Å². The van der Waals surface area contributed by atoms with Gasteiger partial charge in [-0.15, -0.1) is 0 Å². The molecular weight excluding hydrogens is 226 g/mol. The van der Waals surface area contributed by atoms with E-state index >= 15 is 0 Å². The molecule has 0 aromatic heterocycles. The molecule has 1 unspecified atom stereocenters. The van der Waals surface area contributed by atoms with Crippen molar-refractivity contribution in [3.05, 3.63) is 0 Å². The zero-order valence-electron chi connectivity index (χ0n) is 12.4. The van der Waals surface area contributed by atoms with Crippen molar-refractivity contribution in [1.82, 2.24) is 5.32 Å². The van der Waals surface area contributed by atoms with Crippen LogP contribution in [0.1, 0.15) is 60.3 Å². The summed E-state index contributed by atoms with van der Waals surface area (Å²) in [4.78, 5) is 0. The van der Waals surface area contributed by atoms with Crippen LogP contribution in [-0.2, 0) is 0 Å². The maximum Gasteiger partial charge on any atom is 0.00750 e. The Labute approximate surface area is 113 Å². The smallest absolute Gasteiger partial charge is 0.00750 e. The standard InChI is InChI=1S/C15H31NS/c1-6-10-16-12-15(5,13-7-8-13)9-11-17-14(2,3)4/h13,16H,6-12H2,1-5H3. The van der Waals surface area contributed by atoms with Crippen LogP contribution in [0.5, 0.6) is 0 Å². The van der Waals surface area contributed by atoms with Gasteiger partial charge in [-0.2, -0.15) is 11.8 Å². The van der Waals surface area contributed by atoms with E-state index in [-0.39, 0.29) is 0 Å². The second-order valence-corrected chi connectivity index (χ2v) is 8.74. The molecule has 0 aliphatic heterocycles. The molecule has 0 spiro atoms. The van der Waals surface area contributed by atoms with Crippen LogP contribution >= 0.6 is 11.8 Å². The third kappa shape index (κ3) is 6.15. The molecule has 17 heavy (non-hydrogen) atoms. The van der Waals surface area contributed by atoms with Crippen molar-refractivity contribution in [1.29, 1.82) is 0 Å². The topological polar surface area (TPSA) is 12.0 Å². The monoisotopic (exact) mass is 257 g/mol. The Morgan fingerprint density at radius 2 is 1.82 bits per heavy atom. The molecule has 1 rings (SSSR count). The summed E-state index contributed by atoms with van der Waals surface area (Å²) in [6.07, 6.45) is 5.54. The third-order valence-electron chi connectivity index (χ3n) is 3.73. The third-order valence-corrected chi connectivity index (χ3v) is 5.00. The van der Waals surface area contributed by atoms with E-state index in [1.54, 1.807) is 0 Å². The van der Waals surface area contributed by atoms with Crippen molar-refractivity contribution in [2.45, 2.75) is 65.0 Å². The van der Waals surface area contributed by atoms with E-state index in [1.807, 2.05) is 0 Å². The Morgan fingerprint density at radius 1 is 1.18 bits per heavy atom. The van der Waals surface area contributed by atoms with E-state index in [0.717, 1.165) is 5.92 Å². The van der Waals surface area contributed by atoms with E-state index in [1.165, 1.54) is 44.5 Å². The summed E-state index contributed by atoms with van der Waals surface area (Å²) in [5.74, 6) is 2.30. The molecule has 0 radical (unpaired) electrons. The SMILES string of the molecule is CCCNCC(C)(CCSC(C)(C)C)C1CC1. The summed E-state index contributed by atoms with van der Waals surface area (Å²) >= 11 is 2.12. The average Bonchev–Trinajstić information content (AvgIpc) is 2.99. The lowest BCUT2D eigenvalue weighted by molar-refractivity contribution is 0.250. The summed E-state index contributed by atoms with van der Waals surface area (Å²) in [5, 5.41) is 3.64. The molecule has 0 heterocycles. The molecule has 0 saturated heterocycles. The van der Waals surface area contributed by atoms with Crippen LogP contribution in [0, 0.1) is 11.3 Å². The van der Waals surface area contributed by atoms with Gasteiger partial charge < -0.3 is 5.32 Å². The fraction of sp³-hybridized carbons (Fsp3) is 1.00. The van der Waals surface area contributed by atoms with Crippen LogP contribution in [0.3, 0.4) is 0 Å². The summed E-state index contributed by atoms with van der Waals surface area (Å²) in [5.41, 5.74) is 0.549. The largest absolute Gasteiger partial charge is 0.316 e. The van der Waals surface area contributed by atoms with E-state index < -0.39 is 0 Å². The highest BCUT2D eigenvalue weighted by Crippen LogP contribution is 2.48. The van der Waals surface area contributed by atoms with Crippen molar-refractivity contribution in [2.24, 2.45) is 11.3 Å². The molecular formula is C15H31NS. The molecule has 1 aliphatic carbocycles. The number of hydrogen-bond acceptors (Lipinski definition) is 2. The molecule has 2 heteroatoms. The molecule has 0 bridgehead atoms. The average molecular weight is 257 g/mol. The number of thioether (sulfide) groups is 1. The molecule has 0 aromatic rings. The maximum atomic E-state index is 3.64. The Balaban J connectivity index is 2.31. The van der Waals surface area contributed by atoms with Crippen molar-refractivity contribution >= 4 is 11.8 Å². The fourth-order valence-electron chi connectivity index (χ4n) is 2.36. The first-order valence-corrected chi connectivity index (χ1v) is 8.20. The minimum atomic E-state index is 0.418. The van der Waals surface area contributed by atoms with Crippen molar-refractivity contribution in [3.8, 4) is 0 Å². The lowest BCUT2D eigenvalue weighted by atomic mass is 9.82. The fourth-order valence-corrected chi connectivity index (χ4v) is 3.54. The molecule has 102 valence electrons. The molecule has 1 aliphatic rings. The number of nitrogens with one attached hydrogen (secondary N) is 1. The first-order valence-electron chi connectivity index (χ1n) is 7.22. The minimum Gasteiger partial charge on any atom is -0.316 e. The second-order valence-electron chi connectivity index (χ2n) is 6.82. The zero-order valence-corrected chi connectivity index (χ0v) is 13.3. The van der Waals surface area contributed by atoms with Gasteiger partial charge in [0.2, 0.25) is 0 Å². The lowest BCUT2D eigenvalue weighted by Crippen LogP contribution is -2.35. The zero-order chi connectivity index (χ0) is 12.9. The molecule has 1 atom stereocenters. The molecule has 1 saturated carbocycles. The minimum absolute atomic E-state index is 0.418. The van der Waals surface area contributed by atoms with Gasteiger partial charge in [-0.25, -0.2) is 0 Å². The highest BCUT2D eigenvalue weighted by Gasteiger charge is 2.40. The molecule has 1 N–H and O–H groups in total. The first kappa shape index (κ1) is 15.4. The Bertz CT molecular complexity index is 217. The van der Waals surface area contributed by atoms with Gasteiger partial charge in [0.1, 0.15) is 0 Å². The van der Waals surface area contributed by atoms with Gasteiger partial charge in [0.05, 0.1) is 0 Å².